The SMILES string of the molecule is C=C/C=C1/c2cccc[n+]2CN1C. The summed E-state index contributed by atoms with van der Waals surface area (Å²) in [5.74, 6) is 0. The van der Waals surface area contributed by atoms with E-state index in [2.05, 4.69) is 41.4 Å². The number of allylic oxidation sites excluding steroid dienone is 2. The Labute approximate surface area is 78.4 Å². The molecule has 0 spiro atoms. The summed E-state index contributed by atoms with van der Waals surface area (Å²) in [6.07, 6.45) is 5.96. The van der Waals surface area contributed by atoms with Crippen LogP contribution in [0.5, 0.6) is 0 Å². The molecular weight excluding hydrogens is 160 g/mol. The average molecular weight is 173 g/mol. The van der Waals surface area contributed by atoms with Crippen LogP contribution in [0.15, 0.2) is 43.1 Å². The van der Waals surface area contributed by atoms with Gasteiger partial charge in [0.05, 0.1) is 0 Å². The van der Waals surface area contributed by atoms with Crippen molar-refractivity contribution in [1.29, 1.82) is 0 Å². The number of fused-ring (bicyclic) bond motifs is 1. The van der Waals surface area contributed by atoms with E-state index in [0.717, 1.165) is 6.67 Å². The molecule has 0 saturated heterocycles. The molecule has 0 atom stereocenters. The molecule has 2 nitrogen and oxygen atoms in total. The topological polar surface area (TPSA) is 7.12 Å². The molecule has 0 aliphatic carbocycles. The van der Waals surface area contributed by atoms with Crippen LogP contribution in [0.3, 0.4) is 0 Å². The van der Waals surface area contributed by atoms with Gasteiger partial charge in [-0.05, 0) is 12.1 Å². The van der Waals surface area contributed by atoms with Crippen LogP contribution in [-0.4, -0.2) is 11.9 Å². The van der Waals surface area contributed by atoms with Crippen LogP contribution >= 0.6 is 0 Å². The Morgan fingerprint density at radius 2 is 2.38 bits per heavy atom. The number of hydrogen-bond donors (Lipinski definition) is 0. The second-order valence-corrected chi connectivity index (χ2v) is 3.18. The zero-order valence-electron chi connectivity index (χ0n) is 7.77. The summed E-state index contributed by atoms with van der Waals surface area (Å²) < 4.78 is 2.22. The Kier molecular flexibility index (Phi) is 1.89. The van der Waals surface area contributed by atoms with Crippen molar-refractivity contribution in [3.63, 3.8) is 0 Å². The van der Waals surface area contributed by atoms with Crippen LogP contribution in [-0.2, 0) is 6.67 Å². The van der Waals surface area contributed by atoms with E-state index in [1.165, 1.54) is 11.4 Å². The van der Waals surface area contributed by atoms with Crippen molar-refractivity contribution in [3.05, 3.63) is 48.8 Å². The van der Waals surface area contributed by atoms with Crippen LogP contribution in [0, 0.1) is 0 Å². The predicted octanol–water partition coefficient (Wildman–Crippen LogP) is 1.40. The minimum atomic E-state index is 0.926. The van der Waals surface area contributed by atoms with E-state index >= 15 is 0 Å². The van der Waals surface area contributed by atoms with Gasteiger partial charge in [0.25, 0.3) is 0 Å². The summed E-state index contributed by atoms with van der Waals surface area (Å²) in [6.45, 7) is 4.65. The van der Waals surface area contributed by atoms with Crippen molar-refractivity contribution in [3.8, 4) is 0 Å². The van der Waals surface area contributed by atoms with Crippen molar-refractivity contribution < 1.29 is 4.57 Å². The Morgan fingerprint density at radius 3 is 3.15 bits per heavy atom. The lowest BCUT2D eigenvalue weighted by Gasteiger charge is -2.04. The highest BCUT2D eigenvalue weighted by molar-refractivity contribution is 5.61. The summed E-state index contributed by atoms with van der Waals surface area (Å²) in [4.78, 5) is 2.21. The molecule has 66 valence electrons. The summed E-state index contributed by atoms with van der Waals surface area (Å²) in [5, 5.41) is 0. The lowest BCUT2D eigenvalue weighted by molar-refractivity contribution is -0.702. The van der Waals surface area contributed by atoms with Gasteiger partial charge in [-0.2, -0.15) is 4.57 Å². The van der Waals surface area contributed by atoms with Crippen LogP contribution in [0.25, 0.3) is 5.70 Å². The van der Waals surface area contributed by atoms with E-state index in [-0.39, 0.29) is 0 Å². The van der Waals surface area contributed by atoms with Gasteiger partial charge in [0.1, 0.15) is 5.70 Å². The first-order chi connectivity index (χ1) is 6.33. The molecule has 0 saturated carbocycles. The number of hydrogen-bond acceptors (Lipinski definition) is 1. The first-order valence-corrected chi connectivity index (χ1v) is 4.35. The fraction of sp³-hybridized carbons (Fsp3) is 0.182. The Hall–Kier alpha value is -1.57. The lowest BCUT2D eigenvalue weighted by Crippen LogP contribution is -2.34. The summed E-state index contributed by atoms with van der Waals surface area (Å²) in [6, 6.07) is 6.23. The molecule has 0 aromatic carbocycles. The fourth-order valence-electron chi connectivity index (χ4n) is 1.66. The molecule has 1 aromatic rings. The van der Waals surface area contributed by atoms with E-state index in [9.17, 15) is 0 Å². The smallest absolute Gasteiger partial charge is 0.230 e. The van der Waals surface area contributed by atoms with Gasteiger partial charge in [-0.1, -0.05) is 12.7 Å². The molecule has 0 unspecified atom stereocenters. The maximum atomic E-state index is 3.72. The van der Waals surface area contributed by atoms with Gasteiger partial charge in [-0.25, -0.2) is 0 Å². The quantitative estimate of drug-likeness (QED) is 0.582. The normalized spacial score (nSPS) is 17.6. The van der Waals surface area contributed by atoms with Gasteiger partial charge in [-0.15, -0.1) is 0 Å². The molecule has 1 aliphatic rings. The van der Waals surface area contributed by atoms with E-state index in [0.29, 0.717) is 0 Å². The molecule has 1 aliphatic heterocycles. The second-order valence-electron chi connectivity index (χ2n) is 3.18. The van der Waals surface area contributed by atoms with Crippen LogP contribution in [0.4, 0.5) is 0 Å². The minimum Gasteiger partial charge on any atom is -0.314 e. The maximum absolute atomic E-state index is 3.72. The number of pyridine rings is 1. The van der Waals surface area contributed by atoms with Crippen LogP contribution < -0.4 is 4.57 Å². The van der Waals surface area contributed by atoms with Gasteiger partial charge in [0.15, 0.2) is 6.20 Å². The maximum Gasteiger partial charge on any atom is 0.230 e. The van der Waals surface area contributed by atoms with Gasteiger partial charge < -0.3 is 4.90 Å². The first kappa shape index (κ1) is 8.05. The zero-order valence-corrected chi connectivity index (χ0v) is 7.77. The Morgan fingerprint density at radius 1 is 1.54 bits per heavy atom. The molecule has 0 N–H and O–H groups in total. The zero-order chi connectivity index (χ0) is 9.26. The van der Waals surface area contributed by atoms with Crippen molar-refractivity contribution in [1.82, 2.24) is 4.90 Å². The number of rotatable bonds is 1. The van der Waals surface area contributed by atoms with E-state index < -0.39 is 0 Å². The molecular formula is C11H13N2+. The third-order valence-corrected chi connectivity index (χ3v) is 2.25. The predicted molar refractivity (Wildman–Crippen MR) is 52.6 cm³/mol. The molecule has 2 rings (SSSR count). The fourth-order valence-corrected chi connectivity index (χ4v) is 1.66. The lowest BCUT2D eigenvalue weighted by atomic mass is 10.2. The largest absolute Gasteiger partial charge is 0.314 e. The van der Waals surface area contributed by atoms with Crippen molar-refractivity contribution >= 4 is 5.70 Å². The molecule has 1 aromatic heterocycles. The van der Waals surface area contributed by atoms with Crippen LogP contribution in [0.1, 0.15) is 5.69 Å². The molecule has 0 bridgehead atoms. The molecule has 0 amide bonds. The Bertz CT molecular complexity index is 366. The third-order valence-electron chi connectivity index (χ3n) is 2.25. The summed E-state index contributed by atoms with van der Waals surface area (Å²) >= 11 is 0. The van der Waals surface area contributed by atoms with E-state index in [4.69, 9.17) is 0 Å². The Balaban J connectivity index is 2.52. The number of nitrogens with zero attached hydrogens (tertiary/aromatic N) is 2. The number of aromatic nitrogens is 1. The molecule has 13 heavy (non-hydrogen) atoms. The highest BCUT2D eigenvalue weighted by Crippen LogP contribution is 2.19. The van der Waals surface area contributed by atoms with E-state index in [1.54, 1.807) is 0 Å². The van der Waals surface area contributed by atoms with Gasteiger partial charge in [-0.3, -0.25) is 0 Å². The van der Waals surface area contributed by atoms with Gasteiger partial charge >= 0.3 is 0 Å². The monoisotopic (exact) mass is 173 g/mol. The first-order valence-electron chi connectivity index (χ1n) is 4.35. The molecule has 0 radical (unpaired) electrons. The average Bonchev–Trinajstić information content (AvgIpc) is 2.44. The van der Waals surface area contributed by atoms with Crippen LogP contribution in [0.2, 0.25) is 0 Å². The van der Waals surface area contributed by atoms with Crippen molar-refractivity contribution in [2.75, 3.05) is 7.05 Å². The van der Waals surface area contributed by atoms with E-state index in [1.807, 2.05) is 18.2 Å². The minimum absolute atomic E-state index is 0.926. The summed E-state index contributed by atoms with van der Waals surface area (Å²) in [7, 11) is 2.09. The molecule has 2 heteroatoms. The highest BCUT2D eigenvalue weighted by Gasteiger charge is 2.26. The standard InChI is InChI=1S/C11H13N2/c1-3-6-10-11-7-4-5-8-13(11)9-12(10)2/h3-8H,1,9H2,2H3/q+1/b10-6-. The van der Waals surface area contributed by atoms with Gasteiger partial charge in [0, 0.05) is 19.2 Å². The van der Waals surface area contributed by atoms with Crippen molar-refractivity contribution in [2.24, 2.45) is 0 Å². The molecule has 0 fully saturated rings. The van der Waals surface area contributed by atoms with Crippen molar-refractivity contribution in [2.45, 2.75) is 6.67 Å². The molecule has 2 heterocycles. The third kappa shape index (κ3) is 1.24. The van der Waals surface area contributed by atoms with Gasteiger partial charge in [0.2, 0.25) is 12.4 Å². The second kappa shape index (κ2) is 3.05. The summed E-state index contributed by atoms with van der Waals surface area (Å²) in [5.41, 5.74) is 2.49. The highest BCUT2D eigenvalue weighted by atomic mass is 15.3.